The van der Waals surface area contributed by atoms with Gasteiger partial charge in [0.05, 0.1) is 24.7 Å². The average molecular weight is 278 g/mol. The van der Waals surface area contributed by atoms with Gasteiger partial charge in [-0.15, -0.1) is 0 Å². The maximum Gasteiger partial charge on any atom is 0.338 e. The number of carbonyl (C=O) groups is 2. The SMILES string of the molecule is O=C(O)C[C@@H](O)C1CCC1COC(=O)c1ccccc1. The zero-order valence-electron chi connectivity index (χ0n) is 11.1. The highest BCUT2D eigenvalue weighted by Crippen LogP contribution is 2.38. The molecule has 0 radical (unpaired) electrons. The number of aliphatic hydroxyl groups excluding tert-OH is 1. The van der Waals surface area contributed by atoms with Gasteiger partial charge in [-0.1, -0.05) is 18.2 Å². The molecule has 0 amide bonds. The average Bonchev–Trinajstić information content (AvgIpc) is 2.37. The third-order valence-corrected chi connectivity index (χ3v) is 3.79. The first-order valence-corrected chi connectivity index (χ1v) is 6.70. The van der Waals surface area contributed by atoms with Gasteiger partial charge in [-0.05, 0) is 36.8 Å². The Morgan fingerprint density at radius 3 is 2.50 bits per heavy atom. The molecule has 1 saturated carbocycles. The number of hydrogen-bond donors (Lipinski definition) is 2. The van der Waals surface area contributed by atoms with Gasteiger partial charge in [0.1, 0.15) is 0 Å². The Morgan fingerprint density at radius 1 is 1.25 bits per heavy atom. The van der Waals surface area contributed by atoms with E-state index in [0.717, 1.165) is 12.8 Å². The molecular weight excluding hydrogens is 260 g/mol. The van der Waals surface area contributed by atoms with Crippen LogP contribution in [-0.4, -0.2) is 34.9 Å². The van der Waals surface area contributed by atoms with Crippen molar-refractivity contribution in [1.29, 1.82) is 0 Å². The lowest BCUT2D eigenvalue weighted by atomic mass is 9.70. The molecular formula is C15H18O5. The van der Waals surface area contributed by atoms with Gasteiger partial charge in [0, 0.05) is 0 Å². The summed E-state index contributed by atoms with van der Waals surface area (Å²) >= 11 is 0. The maximum absolute atomic E-state index is 11.8. The van der Waals surface area contributed by atoms with E-state index >= 15 is 0 Å². The topological polar surface area (TPSA) is 83.8 Å². The van der Waals surface area contributed by atoms with Crippen molar-refractivity contribution in [2.24, 2.45) is 11.8 Å². The molecule has 1 aliphatic rings. The van der Waals surface area contributed by atoms with Gasteiger partial charge in [-0.3, -0.25) is 4.79 Å². The van der Waals surface area contributed by atoms with Crippen LogP contribution in [0.2, 0.25) is 0 Å². The molecule has 0 aliphatic heterocycles. The van der Waals surface area contributed by atoms with Gasteiger partial charge in [0.2, 0.25) is 0 Å². The first-order chi connectivity index (χ1) is 9.58. The van der Waals surface area contributed by atoms with Crippen LogP contribution in [-0.2, 0) is 9.53 Å². The highest BCUT2D eigenvalue weighted by molar-refractivity contribution is 5.89. The van der Waals surface area contributed by atoms with Crippen molar-refractivity contribution in [3.63, 3.8) is 0 Å². The molecule has 2 rings (SSSR count). The van der Waals surface area contributed by atoms with E-state index < -0.39 is 12.1 Å². The molecule has 3 atom stereocenters. The Hall–Kier alpha value is -1.88. The number of carbonyl (C=O) groups excluding carboxylic acids is 1. The third kappa shape index (κ3) is 3.57. The fraction of sp³-hybridized carbons (Fsp3) is 0.467. The molecule has 108 valence electrons. The molecule has 1 fully saturated rings. The normalized spacial score (nSPS) is 22.6. The largest absolute Gasteiger partial charge is 0.481 e. The van der Waals surface area contributed by atoms with Crippen molar-refractivity contribution in [3.8, 4) is 0 Å². The van der Waals surface area contributed by atoms with E-state index in [1.165, 1.54) is 0 Å². The van der Waals surface area contributed by atoms with Crippen molar-refractivity contribution in [1.82, 2.24) is 0 Å². The molecule has 0 spiro atoms. The van der Waals surface area contributed by atoms with Crippen molar-refractivity contribution in [3.05, 3.63) is 35.9 Å². The predicted molar refractivity (Wildman–Crippen MR) is 71.2 cm³/mol. The molecule has 0 aromatic heterocycles. The van der Waals surface area contributed by atoms with Crippen LogP contribution in [0.15, 0.2) is 30.3 Å². The minimum atomic E-state index is -1.01. The van der Waals surface area contributed by atoms with E-state index in [-0.39, 0.29) is 30.8 Å². The number of aliphatic carboxylic acids is 1. The highest BCUT2D eigenvalue weighted by atomic mass is 16.5. The second-order valence-electron chi connectivity index (χ2n) is 5.13. The van der Waals surface area contributed by atoms with Crippen molar-refractivity contribution < 1.29 is 24.5 Å². The first-order valence-electron chi connectivity index (χ1n) is 6.70. The monoisotopic (exact) mass is 278 g/mol. The fourth-order valence-electron chi connectivity index (χ4n) is 2.48. The number of benzene rings is 1. The van der Waals surface area contributed by atoms with E-state index in [4.69, 9.17) is 9.84 Å². The lowest BCUT2D eigenvalue weighted by molar-refractivity contribution is -0.141. The lowest BCUT2D eigenvalue weighted by Crippen LogP contribution is -2.40. The summed E-state index contributed by atoms with van der Waals surface area (Å²) in [5.74, 6) is -1.43. The highest BCUT2D eigenvalue weighted by Gasteiger charge is 2.37. The Morgan fingerprint density at radius 2 is 1.95 bits per heavy atom. The molecule has 0 bridgehead atoms. The maximum atomic E-state index is 11.8. The summed E-state index contributed by atoms with van der Waals surface area (Å²) in [5, 5.41) is 18.4. The summed E-state index contributed by atoms with van der Waals surface area (Å²) in [6.45, 7) is 0.231. The Balaban J connectivity index is 1.80. The van der Waals surface area contributed by atoms with Gasteiger partial charge in [-0.2, -0.15) is 0 Å². The van der Waals surface area contributed by atoms with Crippen LogP contribution in [0.1, 0.15) is 29.6 Å². The van der Waals surface area contributed by atoms with Gasteiger partial charge in [0.15, 0.2) is 0 Å². The smallest absolute Gasteiger partial charge is 0.338 e. The Kier molecular flexibility index (Phi) is 4.74. The summed E-state index contributed by atoms with van der Waals surface area (Å²) in [6, 6.07) is 8.71. The van der Waals surface area contributed by atoms with Crippen LogP contribution in [0.3, 0.4) is 0 Å². The van der Waals surface area contributed by atoms with Crippen molar-refractivity contribution >= 4 is 11.9 Å². The summed E-state index contributed by atoms with van der Waals surface area (Å²) in [4.78, 5) is 22.3. The van der Waals surface area contributed by atoms with Gasteiger partial charge < -0.3 is 14.9 Å². The molecule has 0 heterocycles. The molecule has 1 aliphatic carbocycles. The number of hydrogen-bond acceptors (Lipinski definition) is 4. The van der Waals surface area contributed by atoms with Crippen LogP contribution >= 0.6 is 0 Å². The third-order valence-electron chi connectivity index (χ3n) is 3.79. The molecule has 1 aromatic carbocycles. The van der Waals surface area contributed by atoms with Gasteiger partial charge in [-0.25, -0.2) is 4.79 Å². The molecule has 20 heavy (non-hydrogen) atoms. The lowest BCUT2D eigenvalue weighted by Gasteiger charge is -2.38. The van der Waals surface area contributed by atoms with E-state index in [0.29, 0.717) is 5.56 Å². The van der Waals surface area contributed by atoms with E-state index in [1.54, 1.807) is 24.3 Å². The van der Waals surface area contributed by atoms with Crippen molar-refractivity contribution in [2.75, 3.05) is 6.61 Å². The number of carboxylic acids is 1. The number of aliphatic hydroxyl groups is 1. The molecule has 5 heteroatoms. The second-order valence-corrected chi connectivity index (χ2v) is 5.13. The number of ether oxygens (including phenoxy) is 1. The fourth-order valence-corrected chi connectivity index (χ4v) is 2.48. The summed E-state index contributed by atoms with van der Waals surface area (Å²) in [6.07, 6.45) is 0.515. The summed E-state index contributed by atoms with van der Waals surface area (Å²) < 4.78 is 5.22. The van der Waals surface area contributed by atoms with Gasteiger partial charge >= 0.3 is 11.9 Å². The molecule has 2 unspecified atom stereocenters. The second kappa shape index (κ2) is 6.52. The summed E-state index contributed by atoms with van der Waals surface area (Å²) in [5.41, 5.74) is 0.495. The van der Waals surface area contributed by atoms with E-state index in [1.807, 2.05) is 6.07 Å². The minimum Gasteiger partial charge on any atom is -0.481 e. The molecule has 0 saturated heterocycles. The number of carboxylic acid groups (broad SMARTS) is 1. The molecule has 1 aromatic rings. The quantitative estimate of drug-likeness (QED) is 0.774. The Bertz CT molecular complexity index is 470. The number of esters is 1. The van der Waals surface area contributed by atoms with E-state index in [2.05, 4.69) is 0 Å². The molecule has 2 N–H and O–H groups in total. The molecule has 5 nitrogen and oxygen atoms in total. The predicted octanol–water partition coefficient (Wildman–Crippen LogP) is 1.71. The van der Waals surface area contributed by atoms with Crippen LogP contribution in [0.25, 0.3) is 0 Å². The number of rotatable bonds is 6. The van der Waals surface area contributed by atoms with E-state index in [9.17, 15) is 14.7 Å². The standard InChI is InChI=1S/C15H18O5/c16-13(8-14(17)18)12-7-6-11(12)9-20-15(19)10-4-2-1-3-5-10/h1-5,11-13,16H,6-9H2,(H,17,18)/t11?,12?,13-/m1/s1. The zero-order valence-corrected chi connectivity index (χ0v) is 11.1. The minimum absolute atomic E-state index is 0.0528. The van der Waals surface area contributed by atoms with Crippen LogP contribution in [0.4, 0.5) is 0 Å². The van der Waals surface area contributed by atoms with Crippen LogP contribution < -0.4 is 0 Å². The van der Waals surface area contributed by atoms with Gasteiger partial charge in [0.25, 0.3) is 0 Å². The summed E-state index contributed by atoms with van der Waals surface area (Å²) in [7, 11) is 0. The first kappa shape index (κ1) is 14.5. The Labute approximate surface area is 117 Å². The van der Waals surface area contributed by atoms with Crippen molar-refractivity contribution in [2.45, 2.75) is 25.4 Å². The zero-order chi connectivity index (χ0) is 14.5. The van der Waals surface area contributed by atoms with Crippen LogP contribution in [0, 0.1) is 11.8 Å². The van der Waals surface area contributed by atoms with Crippen LogP contribution in [0.5, 0.6) is 0 Å².